The second-order valence-corrected chi connectivity index (χ2v) is 8.33. The van der Waals surface area contributed by atoms with Crippen LogP contribution in [-0.2, 0) is 9.53 Å². The van der Waals surface area contributed by atoms with Gasteiger partial charge >= 0.3 is 0 Å². The van der Waals surface area contributed by atoms with Crippen LogP contribution in [0.15, 0.2) is 0 Å². The molecule has 3 nitrogen and oxygen atoms in total. The Labute approximate surface area is 121 Å². The number of carbonyl (C=O) groups excluding carboxylic acids is 1. The van der Waals surface area contributed by atoms with Crippen LogP contribution in [0.1, 0.15) is 51.4 Å². The van der Waals surface area contributed by atoms with E-state index in [-0.39, 0.29) is 5.41 Å². The summed E-state index contributed by atoms with van der Waals surface area (Å²) in [6.45, 7) is 1.57. The van der Waals surface area contributed by atoms with E-state index in [1.165, 1.54) is 51.4 Å². The lowest BCUT2D eigenvalue weighted by molar-refractivity contribution is -0.167. The van der Waals surface area contributed by atoms with Crippen molar-refractivity contribution < 1.29 is 9.53 Å². The molecule has 0 unspecified atom stereocenters. The smallest absolute Gasteiger partial charge is 0.229 e. The lowest BCUT2D eigenvalue weighted by Gasteiger charge is -2.57. The zero-order valence-electron chi connectivity index (χ0n) is 12.2. The van der Waals surface area contributed by atoms with E-state index < -0.39 is 0 Å². The third-order valence-corrected chi connectivity index (χ3v) is 6.97. The fraction of sp³-hybridized carbons (Fsp3) is 0.941. The van der Waals surface area contributed by atoms with Crippen molar-refractivity contribution >= 4 is 5.91 Å². The number of carbonyl (C=O) groups is 1. The molecular weight excluding hydrogens is 250 g/mol. The van der Waals surface area contributed by atoms with Gasteiger partial charge in [0.1, 0.15) is 0 Å². The van der Waals surface area contributed by atoms with Gasteiger partial charge in [0, 0.05) is 0 Å². The van der Waals surface area contributed by atoms with E-state index in [1.807, 2.05) is 0 Å². The van der Waals surface area contributed by atoms with Gasteiger partial charge in [-0.1, -0.05) is 0 Å². The Hall–Kier alpha value is -0.570. The topological polar surface area (TPSA) is 29.5 Å². The van der Waals surface area contributed by atoms with E-state index in [2.05, 4.69) is 4.90 Å². The van der Waals surface area contributed by atoms with Gasteiger partial charge in [0.05, 0.1) is 30.7 Å². The third kappa shape index (κ3) is 1.53. The van der Waals surface area contributed by atoms with Gasteiger partial charge < -0.3 is 9.64 Å². The molecule has 2 atom stereocenters. The minimum atomic E-state index is 0.0485. The highest BCUT2D eigenvalue weighted by molar-refractivity contribution is 5.84. The Morgan fingerprint density at radius 3 is 1.90 bits per heavy atom. The van der Waals surface area contributed by atoms with E-state index in [9.17, 15) is 4.79 Å². The molecule has 6 fully saturated rings. The summed E-state index contributed by atoms with van der Waals surface area (Å²) in [5, 5.41) is 0. The molecular formula is C17H25NO2. The number of ether oxygens (including phenoxy) is 1. The van der Waals surface area contributed by atoms with Crippen molar-refractivity contribution in [3.63, 3.8) is 0 Å². The zero-order chi connectivity index (χ0) is 13.3. The molecule has 0 N–H and O–H groups in total. The summed E-state index contributed by atoms with van der Waals surface area (Å²) in [6, 6.07) is 0.795. The average molecular weight is 275 g/mol. The van der Waals surface area contributed by atoms with Crippen LogP contribution in [0.5, 0.6) is 0 Å². The molecule has 4 saturated carbocycles. The summed E-state index contributed by atoms with van der Waals surface area (Å²) in [6.07, 6.45) is 10.2. The molecule has 6 bridgehead atoms. The lowest BCUT2D eigenvalue weighted by Crippen LogP contribution is -2.59. The van der Waals surface area contributed by atoms with Crippen molar-refractivity contribution in [1.29, 1.82) is 0 Å². The van der Waals surface area contributed by atoms with Crippen molar-refractivity contribution in [3.05, 3.63) is 0 Å². The molecule has 2 saturated heterocycles. The molecule has 6 rings (SSSR count). The number of hydrogen-bond donors (Lipinski definition) is 0. The monoisotopic (exact) mass is 275 g/mol. The minimum Gasteiger partial charge on any atom is -0.377 e. The van der Waals surface area contributed by atoms with Crippen LogP contribution >= 0.6 is 0 Å². The van der Waals surface area contributed by atoms with Gasteiger partial charge in [-0.2, -0.15) is 0 Å². The van der Waals surface area contributed by atoms with E-state index in [4.69, 9.17) is 4.74 Å². The quantitative estimate of drug-likeness (QED) is 0.736. The molecule has 20 heavy (non-hydrogen) atoms. The molecule has 4 aliphatic carbocycles. The molecule has 1 amide bonds. The molecule has 0 aromatic rings. The lowest BCUT2D eigenvalue weighted by atomic mass is 9.49. The predicted molar refractivity (Wildman–Crippen MR) is 75.1 cm³/mol. The van der Waals surface area contributed by atoms with Gasteiger partial charge in [-0.3, -0.25) is 4.79 Å². The number of fused-ring (bicyclic) bond motifs is 2. The Kier molecular flexibility index (Phi) is 2.40. The maximum Gasteiger partial charge on any atom is 0.229 e. The van der Waals surface area contributed by atoms with Crippen LogP contribution in [0, 0.1) is 23.2 Å². The maximum atomic E-state index is 13.4. The summed E-state index contributed by atoms with van der Waals surface area (Å²) in [5.74, 6) is 3.13. The standard InChI is InChI=1S/C17H25NO2/c19-16(18-14-1-2-15(18)10-20-9-14)17-6-11-3-12(7-17)5-13(4-11)8-17/h11-15H,1-10H2/t11?,12?,13?,14-,15+,17?. The first kappa shape index (κ1) is 12.0. The van der Waals surface area contributed by atoms with Crippen LogP contribution in [0.25, 0.3) is 0 Å². The summed E-state index contributed by atoms with van der Waals surface area (Å²) in [4.78, 5) is 15.7. The fourth-order valence-corrected chi connectivity index (χ4v) is 6.61. The Morgan fingerprint density at radius 1 is 0.900 bits per heavy atom. The van der Waals surface area contributed by atoms with Crippen LogP contribution < -0.4 is 0 Å². The number of nitrogens with zero attached hydrogens (tertiary/aromatic N) is 1. The number of amides is 1. The molecule has 2 aliphatic heterocycles. The zero-order valence-corrected chi connectivity index (χ0v) is 12.2. The number of rotatable bonds is 1. The first-order valence-electron chi connectivity index (χ1n) is 8.64. The average Bonchev–Trinajstić information content (AvgIpc) is 2.65. The van der Waals surface area contributed by atoms with Crippen molar-refractivity contribution in [2.24, 2.45) is 23.2 Å². The molecule has 0 radical (unpaired) electrons. The Bertz CT molecular complexity index is 395. The highest BCUT2D eigenvalue weighted by atomic mass is 16.5. The van der Waals surface area contributed by atoms with E-state index in [0.29, 0.717) is 18.0 Å². The van der Waals surface area contributed by atoms with E-state index in [0.717, 1.165) is 31.0 Å². The second-order valence-electron chi connectivity index (χ2n) is 8.33. The summed E-state index contributed by atoms with van der Waals surface area (Å²) in [7, 11) is 0. The highest BCUT2D eigenvalue weighted by Crippen LogP contribution is 2.61. The van der Waals surface area contributed by atoms with Gasteiger partial charge in [0.25, 0.3) is 0 Å². The summed E-state index contributed by atoms with van der Waals surface area (Å²) in [5.41, 5.74) is 0.0485. The van der Waals surface area contributed by atoms with Crippen LogP contribution in [0.3, 0.4) is 0 Å². The summed E-state index contributed by atoms with van der Waals surface area (Å²) < 4.78 is 5.66. The Morgan fingerprint density at radius 2 is 1.40 bits per heavy atom. The van der Waals surface area contributed by atoms with Crippen molar-refractivity contribution in [1.82, 2.24) is 4.90 Å². The van der Waals surface area contributed by atoms with Gasteiger partial charge in [0.15, 0.2) is 0 Å². The van der Waals surface area contributed by atoms with Crippen molar-refractivity contribution in [3.8, 4) is 0 Å². The van der Waals surface area contributed by atoms with Crippen LogP contribution in [-0.4, -0.2) is 36.1 Å². The first-order chi connectivity index (χ1) is 9.73. The van der Waals surface area contributed by atoms with Crippen molar-refractivity contribution in [2.75, 3.05) is 13.2 Å². The van der Waals surface area contributed by atoms with Crippen LogP contribution in [0.2, 0.25) is 0 Å². The maximum absolute atomic E-state index is 13.4. The summed E-state index contributed by atoms with van der Waals surface area (Å²) >= 11 is 0. The fourth-order valence-electron chi connectivity index (χ4n) is 6.61. The number of hydrogen-bond acceptors (Lipinski definition) is 2. The molecule has 0 spiro atoms. The SMILES string of the molecule is O=C(N1[C@@H]2CC[C@H]1COC2)C12CC3CC(CC(C3)C1)C2. The minimum absolute atomic E-state index is 0.0485. The first-order valence-corrected chi connectivity index (χ1v) is 8.64. The van der Waals surface area contributed by atoms with E-state index in [1.54, 1.807) is 0 Å². The normalized spacial score (nSPS) is 52.6. The van der Waals surface area contributed by atoms with Crippen molar-refractivity contribution in [2.45, 2.75) is 63.5 Å². The molecule has 0 aromatic carbocycles. The Balaban J connectivity index is 1.46. The molecule has 110 valence electrons. The predicted octanol–water partition coefficient (Wildman–Crippen LogP) is 2.59. The third-order valence-electron chi connectivity index (χ3n) is 6.97. The van der Waals surface area contributed by atoms with Gasteiger partial charge in [0.2, 0.25) is 5.91 Å². The molecule has 2 heterocycles. The molecule has 0 aromatic heterocycles. The second kappa shape index (κ2) is 4.00. The van der Waals surface area contributed by atoms with Crippen LogP contribution in [0.4, 0.5) is 0 Å². The molecule has 6 aliphatic rings. The molecule has 3 heteroatoms. The van der Waals surface area contributed by atoms with E-state index >= 15 is 0 Å². The highest BCUT2D eigenvalue weighted by Gasteiger charge is 2.57. The van der Waals surface area contributed by atoms with Gasteiger partial charge in [-0.05, 0) is 69.1 Å². The van der Waals surface area contributed by atoms with Gasteiger partial charge in [-0.15, -0.1) is 0 Å². The number of morpholine rings is 1. The van der Waals surface area contributed by atoms with Gasteiger partial charge in [-0.25, -0.2) is 0 Å². The largest absolute Gasteiger partial charge is 0.377 e.